The molecule has 0 aromatic carbocycles. The lowest BCUT2D eigenvalue weighted by atomic mass is 10.1. The molecule has 1 amide bonds. The van der Waals surface area contributed by atoms with Crippen molar-refractivity contribution in [3.63, 3.8) is 0 Å². The molecule has 1 heterocycles. The standard InChI is InChI=1S/C9H15Br2NO2/c1-9(5-10,6-11)12-8(13)7-3-2-4-14-7/h7H,2-6H2,1H3,(H,12,13). The molecular formula is C9H15Br2NO2. The van der Waals surface area contributed by atoms with Crippen molar-refractivity contribution < 1.29 is 9.53 Å². The number of ether oxygens (including phenoxy) is 1. The van der Waals surface area contributed by atoms with Crippen LogP contribution in [0.4, 0.5) is 0 Å². The van der Waals surface area contributed by atoms with Crippen LogP contribution in [-0.2, 0) is 9.53 Å². The van der Waals surface area contributed by atoms with E-state index in [0.717, 1.165) is 23.5 Å². The van der Waals surface area contributed by atoms with Gasteiger partial charge in [-0.3, -0.25) is 4.79 Å². The summed E-state index contributed by atoms with van der Waals surface area (Å²) in [4.78, 5) is 11.7. The summed E-state index contributed by atoms with van der Waals surface area (Å²) < 4.78 is 5.31. The summed E-state index contributed by atoms with van der Waals surface area (Å²) in [5, 5.41) is 4.43. The Kier molecular flexibility index (Phi) is 4.87. The van der Waals surface area contributed by atoms with Gasteiger partial charge in [-0.2, -0.15) is 0 Å². The summed E-state index contributed by atoms with van der Waals surface area (Å²) in [7, 11) is 0. The smallest absolute Gasteiger partial charge is 0.249 e. The molecular weight excluding hydrogens is 314 g/mol. The highest BCUT2D eigenvalue weighted by atomic mass is 79.9. The van der Waals surface area contributed by atoms with Crippen LogP contribution >= 0.6 is 31.9 Å². The number of hydrogen-bond donors (Lipinski definition) is 1. The maximum absolute atomic E-state index is 11.7. The van der Waals surface area contributed by atoms with Gasteiger partial charge < -0.3 is 10.1 Å². The third-order valence-corrected chi connectivity index (χ3v) is 4.71. The van der Waals surface area contributed by atoms with Gasteiger partial charge in [-0.25, -0.2) is 0 Å². The van der Waals surface area contributed by atoms with Gasteiger partial charge in [-0.05, 0) is 19.8 Å². The van der Waals surface area contributed by atoms with E-state index in [1.165, 1.54) is 0 Å². The number of carbonyl (C=O) groups excluding carboxylic acids is 1. The van der Waals surface area contributed by atoms with E-state index >= 15 is 0 Å². The minimum atomic E-state index is -0.243. The highest BCUT2D eigenvalue weighted by Gasteiger charge is 2.30. The van der Waals surface area contributed by atoms with Crippen molar-refractivity contribution in [3.05, 3.63) is 0 Å². The first-order chi connectivity index (χ1) is 6.61. The Balaban J connectivity index is 2.45. The largest absolute Gasteiger partial charge is 0.368 e. The van der Waals surface area contributed by atoms with Crippen LogP contribution in [0.1, 0.15) is 19.8 Å². The van der Waals surface area contributed by atoms with E-state index < -0.39 is 0 Å². The van der Waals surface area contributed by atoms with Gasteiger partial charge in [0, 0.05) is 17.3 Å². The number of halogens is 2. The SMILES string of the molecule is CC(CBr)(CBr)NC(=O)C1CCCO1. The summed E-state index contributed by atoms with van der Waals surface area (Å²) in [5.74, 6) is 0.00361. The van der Waals surface area contributed by atoms with Gasteiger partial charge in [0.2, 0.25) is 5.91 Å². The number of amides is 1. The van der Waals surface area contributed by atoms with E-state index in [9.17, 15) is 4.79 Å². The van der Waals surface area contributed by atoms with E-state index in [-0.39, 0.29) is 17.6 Å². The molecule has 14 heavy (non-hydrogen) atoms. The maximum atomic E-state index is 11.7. The molecule has 1 N–H and O–H groups in total. The first-order valence-corrected chi connectivity index (χ1v) is 6.91. The van der Waals surface area contributed by atoms with Crippen LogP contribution in [0.25, 0.3) is 0 Å². The average molecular weight is 329 g/mol. The Morgan fingerprint density at radius 3 is 2.64 bits per heavy atom. The highest BCUT2D eigenvalue weighted by Crippen LogP contribution is 2.16. The van der Waals surface area contributed by atoms with Crippen molar-refractivity contribution in [3.8, 4) is 0 Å². The van der Waals surface area contributed by atoms with E-state index in [1.54, 1.807) is 0 Å². The first kappa shape index (κ1) is 12.5. The molecule has 1 aliphatic heterocycles. The molecule has 1 rings (SSSR count). The lowest BCUT2D eigenvalue weighted by molar-refractivity contribution is -0.131. The summed E-state index contributed by atoms with van der Waals surface area (Å²) in [6, 6.07) is 0. The zero-order chi connectivity index (χ0) is 10.6. The topological polar surface area (TPSA) is 38.3 Å². The molecule has 1 saturated heterocycles. The van der Waals surface area contributed by atoms with Crippen LogP contribution in [0, 0.1) is 0 Å². The molecule has 0 spiro atoms. The van der Waals surface area contributed by atoms with Gasteiger partial charge in [0.1, 0.15) is 6.10 Å². The second-order valence-electron chi connectivity index (χ2n) is 3.82. The van der Waals surface area contributed by atoms with Crippen molar-refractivity contribution in [1.29, 1.82) is 0 Å². The molecule has 0 aliphatic carbocycles. The van der Waals surface area contributed by atoms with E-state index in [1.807, 2.05) is 6.92 Å². The second kappa shape index (κ2) is 5.47. The third kappa shape index (κ3) is 3.21. The highest BCUT2D eigenvalue weighted by molar-refractivity contribution is 9.09. The molecule has 1 aliphatic rings. The molecule has 82 valence electrons. The van der Waals surface area contributed by atoms with Gasteiger partial charge >= 0.3 is 0 Å². The Hall–Kier alpha value is 0.390. The number of nitrogens with one attached hydrogen (secondary N) is 1. The second-order valence-corrected chi connectivity index (χ2v) is 4.94. The van der Waals surface area contributed by atoms with Crippen LogP contribution in [0.2, 0.25) is 0 Å². The Morgan fingerprint density at radius 2 is 2.21 bits per heavy atom. The minimum Gasteiger partial charge on any atom is -0.368 e. The van der Waals surface area contributed by atoms with Crippen LogP contribution in [0.15, 0.2) is 0 Å². The maximum Gasteiger partial charge on any atom is 0.249 e. The van der Waals surface area contributed by atoms with Crippen LogP contribution < -0.4 is 5.32 Å². The van der Waals surface area contributed by atoms with Crippen molar-refractivity contribution in [1.82, 2.24) is 5.32 Å². The van der Waals surface area contributed by atoms with Crippen molar-refractivity contribution >= 4 is 37.8 Å². The molecule has 5 heteroatoms. The van der Waals surface area contributed by atoms with Crippen molar-refractivity contribution in [2.45, 2.75) is 31.4 Å². The first-order valence-electron chi connectivity index (χ1n) is 4.67. The molecule has 3 nitrogen and oxygen atoms in total. The fourth-order valence-corrected chi connectivity index (χ4v) is 2.47. The molecule has 1 fully saturated rings. The molecule has 0 saturated carbocycles. The zero-order valence-electron chi connectivity index (χ0n) is 8.19. The Morgan fingerprint density at radius 1 is 1.57 bits per heavy atom. The number of alkyl halides is 2. The van der Waals surface area contributed by atoms with E-state index in [0.29, 0.717) is 6.61 Å². The van der Waals surface area contributed by atoms with Crippen LogP contribution in [0.3, 0.4) is 0 Å². The molecule has 0 aromatic heterocycles. The molecule has 0 aromatic rings. The zero-order valence-corrected chi connectivity index (χ0v) is 11.4. The summed E-state index contributed by atoms with van der Waals surface area (Å²) in [6.07, 6.45) is 1.58. The third-order valence-electron chi connectivity index (χ3n) is 2.24. The monoisotopic (exact) mass is 327 g/mol. The van der Waals surface area contributed by atoms with Crippen molar-refractivity contribution in [2.75, 3.05) is 17.3 Å². The van der Waals surface area contributed by atoms with Gasteiger partial charge in [0.15, 0.2) is 0 Å². The van der Waals surface area contributed by atoms with Gasteiger partial charge in [0.05, 0.1) is 5.54 Å². The summed E-state index contributed by atoms with van der Waals surface area (Å²) in [5.41, 5.74) is -0.233. The van der Waals surface area contributed by atoms with E-state index in [4.69, 9.17) is 4.74 Å². The normalized spacial score (nSPS) is 22.4. The average Bonchev–Trinajstić information content (AvgIpc) is 2.70. The quantitative estimate of drug-likeness (QED) is 0.800. The van der Waals surface area contributed by atoms with Crippen molar-refractivity contribution in [2.24, 2.45) is 0 Å². The Labute approximate surface area is 101 Å². The molecule has 0 radical (unpaired) electrons. The van der Waals surface area contributed by atoms with Crippen LogP contribution in [0.5, 0.6) is 0 Å². The molecule has 1 unspecified atom stereocenters. The predicted molar refractivity (Wildman–Crippen MR) is 63.1 cm³/mol. The predicted octanol–water partition coefficient (Wildman–Crippen LogP) is 1.83. The fourth-order valence-electron chi connectivity index (χ4n) is 1.26. The summed E-state index contributed by atoms with van der Waals surface area (Å²) in [6.45, 7) is 2.70. The van der Waals surface area contributed by atoms with Crippen LogP contribution in [-0.4, -0.2) is 34.8 Å². The summed E-state index contributed by atoms with van der Waals surface area (Å²) >= 11 is 6.77. The fraction of sp³-hybridized carbons (Fsp3) is 0.889. The minimum absolute atomic E-state index is 0.00361. The molecule has 0 bridgehead atoms. The Bertz CT molecular complexity index is 201. The van der Waals surface area contributed by atoms with Gasteiger partial charge in [-0.15, -0.1) is 0 Å². The lowest BCUT2D eigenvalue weighted by Crippen LogP contribution is -2.52. The number of carbonyl (C=O) groups is 1. The van der Waals surface area contributed by atoms with Gasteiger partial charge in [-0.1, -0.05) is 31.9 Å². The molecule has 1 atom stereocenters. The van der Waals surface area contributed by atoms with Gasteiger partial charge in [0.25, 0.3) is 0 Å². The van der Waals surface area contributed by atoms with E-state index in [2.05, 4.69) is 37.2 Å². The number of rotatable bonds is 4. The lowest BCUT2D eigenvalue weighted by Gasteiger charge is -2.27. The number of hydrogen-bond acceptors (Lipinski definition) is 2.